The molecule has 2 aliphatic rings. The van der Waals surface area contributed by atoms with Crippen molar-refractivity contribution in [1.82, 2.24) is 4.98 Å². The number of fused-ring (bicyclic) bond motifs is 1. The first-order valence-corrected chi connectivity index (χ1v) is 8.87. The number of aliphatic hydroxyl groups is 1. The van der Waals surface area contributed by atoms with E-state index in [2.05, 4.69) is 4.98 Å². The number of carbonyl (C=O) groups excluding carboxylic acids is 2. The fourth-order valence-corrected chi connectivity index (χ4v) is 4.23. The minimum Gasteiger partial charge on any atom is -0.506 e. The van der Waals surface area contributed by atoms with Gasteiger partial charge in [0, 0.05) is 17.2 Å². The smallest absolute Gasteiger partial charge is 0.433 e. The van der Waals surface area contributed by atoms with Crippen molar-refractivity contribution in [2.75, 3.05) is 6.26 Å². The molecule has 3 atom stereocenters. The van der Waals surface area contributed by atoms with Crippen molar-refractivity contribution in [3.05, 3.63) is 34.7 Å². The van der Waals surface area contributed by atoms with Crippen molar-refractivity contribution < 1.29 is 27.9 Å². The molecular weight excluding hydrogens is 355 g/mol. The van der Waals surface area contributed by atoms with Gasteiger partial charge in [0.1, 0.15) is 17.0 Å². The van der Waals surface area contributed by atoms with E-state index in [4.69, 9.17) is 0 Å². The van der Waals surface area contributed by atoms with E-state index in [-0.39, 0.29) is 28.7 Å². The van der Waals surface area contributed by atoms with E-state index in [9.17, 15) is 27.9 Å². The molecule has 0 aliphatic heterocycles. The lowest BCUT2D eigenvalue weighted by Crippen LogP contribution is -2.43. The molecule has 3 rings (SSSR count). The van der Waals surface area contributed by atoms with E-state index in [1.807, 2.05) is 0 Å². The topological polar surface area (TPSA) is 67.3 Å². The van der Waals surface area contributed by atoms with E-state index >= 15 is 0 Å². The van der Waals surface area contributed by atoms with Gasteiger partial charge in [-0.2, -0.15) is 24.9 Å². The highest BCUT2D eigenvalue weighted by atomic mass is 32.2. The van der Waals surface area contributed by atoms with Crippen LogP contribution in [-0.4, -0.2) is 32.7 Å². The molecular formula is C17H16F3NO3S. The number of pyridine rings is 1. The summed E-state index contributed by atoms with van der Waals surface area (Å²) >= 11 is 1.32. The number of Topliss-reactive ketones (excluding diaryl/α,β-unsaturated/α-hetero) is 2. The molecule has 0 saturated heterocycles. The van der Waals surface area contributed by atoms with Gasteiger partial charge in [-0.25, -0.2) is 4.98 Å². The first kappa shape index (κ1) is 18.0. The van der Waals surface area contributed by atoms with Gasteiger partial charge in [0.25, 0.3) is 0 Å². The third kappa shape index (κ3) is 2.67. The van der Waals surface area contributed by atoms with Gasteiger partial charge in [-0.1, -0.05) is 0 Å². The van der Waals surface area contributed by atoms with Gasteiger partial charge in [-0.05, 0) is 44.6 Å². The van der Waals surface area contributed by atoms with Crippen LogP contribution in [0.3, 0.4) is 0 Å². The highest BCUT2D eigenvalue weighted by molar-refractivity contribution is 8.00. The Kier molecular flexibility index (Phi) is 4.02. The molecule has 134 valence electrons. The van der Waals surface area contributed by atoms with E-state index in [1.54, 1.807) is 13.2 Å². The standard InChI is InChI=1S/C17H16F3NO3S/c1-7-8(4-5-11(21-7)17(18,19)20)13(22)12-14(23)9-6-10(9)16(2,25-3)15(12)24/h4-5,9-10,22H,6H2,1-3H3. The fraction of sp³-hybridized carbons (Fsp3) is 0.471. The molecule has 4 nitrogen and oxygen atoms in total. The number of nitrogens with zero attached hydrogens (tertiary/aromatic N) is 1. The number of halogens is 3. The SMILES string of the molecule is CSC1(C)C(=O)C(=C(O)c2ccc(C(F)(F)F)nc2C)C(=O)C2CC21. The highest BCUT2D eigenvalue weighted by Crippen LogP contribution is 2.58. The molecule has 8 heteroatoms. The molecule has 1 aromatic rings. The third-order valence-electron chi connectivity index (χ3n) is 5.05. The fourth-order valence-electron chi connectivity index (χ4n) is 3.38. The number of aryl methyl sites for hydroxylation is 1. The third-order valence-corrected chi connectivity index (χ3v) is 6.39. The molecule has 0 bridgehead atoms. The maximum Gasteiger partial charge on any atom is 0.433 e. The first-order chi connectivity index (χ1) is 11.5. The number of ketones is 2. The zero-order valence-electron chi connectivity index (χ0n) is 13.8. The maximum atomic E-state index is 12.8. The van der Waals surface area contributed by atoms with Crippen LogP contribution in [0.1, 0.15) is 30.3 Å². The van der Waals surface area contributed by atoms with Gasteiger partial charge in [-0.3, -0.25) is 9.59 Å². The molecule has 0 radical (unpaired) electrons. The van der Waals surface area contributed by atoms with Gasteiger partial charge >= 0.3 is 6.18 Å². The number of hydrogen-bond acceptors (Lipinski definition) is 5. The van der Waals surface area contributed by atoms with Crippen LogP contribution in [0.15, 0.2) is 17.7 Å². The zero-order chi connectivity index (χ0) is 18.7. The summed E-state index contributed by atoms with van der Waals surface area (Å²) in [5.74, 6) is -1.85. The molecule has 1 aromatic heterocycles. The molecule has 0 spiro atoms. The zero-order valence-corrected chi connectivity index (χ0v) is 14.6. The summed E-state index contributed by atoms with van der Waals surface area (Å²) in [5, 5.41) is 10.5. The van der Waals surface area contributed by atoms with Crippen LogP contribution in [-0.2, 0) is 15.8 Å². The minimum atomic E-state index is -4.61. The lowest BCUT2D eigenvalue weighted by atomic mass is 9.82. The Balaban J connectivity index is 2.10. The summed E-state index contributed by atoms with van der Waals surface area (Å²) in [6.07, 6.45) is -2.26. The predicted molar refractivity (Wildman–Crippen MR) is 87.1 cm³/mol. The number of rotatable bonds is 2. The second-order valence-corrected chi connectivity index (χ2v) is 7.76. The van der Waals surface area contributed by atoms with Crippen LogP contribution < -0.4 is 0 Å². The van der Waals surface area contributed by atoms with Gasteiger partial charge in [0.2, 0.25) is 0 Å². The van der Waals surface area contributed by atoms with Crippen molar-refractivity contribution in [3.8, 4) is 0 Å². The second-order valence-electron chi connectivity index (χ2n) is 6.50. The number of allylic oxidation sites excluding steroid dienone is 1. The molecule has 0 amide bonds. The van der Waals surface area contributed by atoms with Crippen molar-refractivity contribution in [3.63, 3.8) is 0 Å². The van der Waals surface area contributed by atoms with Crippen molar-refractivity contribution >= 4 is 29.1 Å². The lowest BCUT2D eigenvalue weighted by molar-refractivity contribution is -0.141. The molecule has 1 heterocycles. The van der Waals surface area contributed by atoms with Crippen molar-refractivity contribution in [1.29, 1.82) is 0 Å². The average Bonchev–Trinajstić information content (AvgIpc) is 3.33. The maximum absolute atomic E-state index is 12.8. The predicted octanol–water partition coefficient (Wildman–Crippen LogP) is 3.59. The number of aliphatic hydroxyl groups excluding tert-OH is 1. The molecule has 25 heavy (non-hydrogen) atoms. The average molecular weight is 371 g/mol. The van der Waals surface area contributed by atoms with E-state index in [0.717, 1.165) is 12.1 Å². The van der Waals surface area contributed by atoms with E-state index in [0.29, 0.717) is 6.42 Å². The van der Waals surface area contributed by atoms with E-state index < -0.39 is 33.9 Å². The molecule has 1 N–H and O–H groups in total. The number of hydrogen-bond donors (Lipinski definition) is 1. The Morgan fingerprint density at radius 1 is 1.36 bits per heavy atom. The van der Waals surface area contributed by atoms with Crippen LogP contribution >= 0.6 is 11.8 Å². The summed E-state index contributed by atoms with van der Waals surface area (Å²) in [6, 6.07) is 1.77. The van der Waals surface area contributed by atoms with Gasteiger partial charge in [0.05, 0.1) is 4.75 Å². The van der Waals surface area contributed by atoms with Crippen LogP contribution in [0.4, 0.5) is 13.2 Å². The number of carbonyl (C=O) groups is 2. The van der Waals surface area contributed by atoms with Crippen molar-refractivity contribution in [2.45, 2.75) is 31.2 Å². The second kappa shape index (κ2) is 5.59. The number of alkyl halides is 3. The summed E-state index contributed by atoms with van der Waals surface area (Å²) in [5.41, 5.74) is -1.54. The van der Waals surface area contributed by atoms with Gasteiger partial charge in [0.15, 0.2) is 11.6 Å². The summed E-state index contributed by atoms with van der Waals surface area (Å²) in [6.45, 7) is 3.04. The molecule has 2 fully saturated rings. The monoisotopic (exact) mass is 371 g/mol. The first-order valence-electron chi connectivity index (χ1n) is 7.65. The molecule has 3 unspecified atom stereocenters. The summed E-state index contributed by atoms with van der Waals surface area (Å²) in [7, 11) is 0. The normalized spacial score (nSPS) is 31.0. The molecule has 2 saturated carbocycles. The Bertz CT molecular complexity index is 818. The Hall–Kier alpha value is -1.83. The largest absolute Gasteiger partial charge is 0.506 e. The van der Waals surface area contributed by atoms with Gasteiger partial charge < -0.3 is 5.11 Å². The number of aromatic nitrogens is 1. The summed E-state index contributed by atoms with van der Waals surface area (Å²) in [4.78, 5) is 28.8. The minimum absolute atomic E-state index is 0.0350. The number of thioether (sulfide) groups is 1. The summed E-state index contributed by atoms with van der Waals surface area (Å²) < 4.78 is 37.4. The Labute approximate surface area is 146 Å². The van der Waals surface area contributed by atoms with Gasteiger partial charge in [-0.15, -0.1) is 0 Å². The Morgan fingerprint density at radius 2 is 2.00 bits per heavy atom. The lowest BCUT2D eigenvalue weighted by Gasteiger charge is -2.31. The van der Waals surface area contributed by atoms with Crippen LogP contribution in [0.2, 0.25) is 0 Å². The van der Waals surface area contributed by atoms with Crippen LogP contribution in [0.5, 0.6) is 0 Å². The Morgan fingerprint density at radius 3 is 2.52 bits per heavy atom. The van der Waals surface area contributed by atoms with Crippen molar-refractivity contribution in [2.24, 2.45) is 11.8 Å². The quantitative estimate of drug-likeness (QED) is 0.489. The van der Waals surface area contributed by atoms with E-state index in [1.165, 1.54) is 18.7 Å². The highest BCUT2D eigenvalue weighted by Gasteiger charge is 2.63. The molecule has 0 aromatic carbocycles. The molecule has 2 aliphatic carbocycles. The van der Waals surface area contributed by atoms with Crippen LogP contribution in [0, 0.1) is 18.8 Å². The van der Waals surface area contributed by atoms with Crippen LogP contribution in [0.25, 0.3) is 5.76 Å².